The standard InChI is InChI=1S/C16H18N2O4S/c1-9(19)8-22-13(20)7-6-12-17-15(21)14-10-4-2-3-5-11(10)23-16(14)18-12/h2-8H2,1H3,(H,17,18,21). The normalized spacial score (nSPS) is 13.8. The van der Waals surface area contributed by atoms with E-state index in [9.17, 15) is 14.4 Å². The molecule has 0 aromatic carbocycles. The minimum absolute atomic E-state index is 0.0901. The summed E-state index contributed by atoms with van der Waals surface area (Å²) >= 11 is 1.58. The molecule has 0 fully saturated rings. The van der Waals surface area contributed by atoms with Crippen LogP contribution in [0.25, 0.3) is 10.2 Å². The molecule has 1 aliphatic rings. The van der Waals surface area contributed by atoms with E-state index in [1.54, 1.807) is 11.3 Å². The number of aromatic nitrogens is 2. The van der Waals surface area contributed by atoms with Gasteiger partial charge in [-0.25, -0.2) is 4.98 Å². The number of ketones is 1. The van der Waals surface area contributed by atoms with Crippen LogP contribution in [0.5, 0.6) is 0 Å². The van der Waals surface area contributed by atoms with E-state index >= 15 is 0 Å². The van der Waals surface area contributed by atoms with Crippen molar-refractivity contribution in [3.63, 3.8) is 0 Å². The van der Waals surface area contributed by atoms with Crippen LogP contribution in [-0.2, 0) is 33.6 Å². The van der Waals surface area contributed by atoms with Gasteiger partial charge in [0, 0.05) is 11.3 Å². The fraction of sp³-hybridized carbons (Fsp3) is 0.500. The number of ether oxygens (including phenoxy) is 1. The number of fused-ring (bicyclic) bond motifs is 3. The van der Waals surface area contributed by atoms with Crippen molar-refractivity contribution < 1.29 is 14.3 Å². The van der Waals surface area contributed by atoms with Crippen LogP contribution in [0.3, 0.4) is 0 Å². The number of aromatic amines is 1. The van der Waals surface area contributed by atoms with E-state index in [1.807, 2.05) is 0 Å². The van der Waals surface area contributed by atoms with Gasteiger partial charge in [-0.1, -0.05) is 0 Å². The first kappa shape index (κ1) is 15.9. The Balaban J connectivity index is 1.76. The molecule has 0 saturated carbocycles. The Hall–Kier alpha value is -2.02. The van der Waals surface area contributed by atoms with Crippen LogP contribution in [-0.4, -0.2) is 28.3 Å². The number of H-pyrrole nitrogens is 1. The zero-order valence-corrected chi connectivity index (χ0v) is 13.8. The Morgan fingerprint density at radius 1 is 1.30 bits per heavy atom. The average Bonchev–Trinajstić information content (AvgIpc) is 2.89. The molecular weight excluding hydrogens is 316 g/mol. The number of hydrogen-bond donors (Lipinski definition) is 1. The van der Waals surface area contributed by atoms with Gasteiger partial charge >= 0.3 is 5.97 Å². The molecule has 7 heteroatoms. The summed E-state index contributed by atoms with van der Waals surface area (Å²) in [5.41, 5.74) is 1.03. The first-order valence-corrected chi connectivity index (χ1v) is 8.54. The molecule has 0 radical (unpaired) electrons. The molecule has 0 aliphatic heterocycles. The van der Waals surface area contributed by atoms with Crippen molar-refractivity contribution in [2.75, 3.05) is 6.61 Å². The summed E-state index contributed by atoms with van der Waals surface area (Å²) in [4.78, 5) is 43.9. The summed E-state index contributed by atoms with van der Waals surface area (Å²) in [5.74, 6) is -0.176. The fourth-order valence-corrected chi connectivity index (χ4v) is 4.08. The number of thiophene rings is 1. The SMILES string of the molecule is CC(=O)COC(=O)CCc1nc2sc3c(c2c(=O)[nH]1)CCCC3. The summed E-state index contributed by atoms with van der Waals surface area (Å²) in [6.07, 6.45) is 4.62. The van der Waals surface area contributed by atoms with Crippen LogP contribution in [0.15, 0.2) is 4.79 Å². The van der Waals surface area contributed by atoms with Gasteiger partial charge in [0.25, 0.3) is 5.56 Å². The van der Waals surface area contributed by atoms with Crippen molar-refractivity contribution in [2.24, 2.45) is 0 Å². The lowest BCUT2D eigenvalue weighted by atomic mass is 9.97. The zero-order chi connectivity index (χ0) is 16.4. The third-order valence-electron chi connectivity index (χ3n) is 3.88. The van der Waals surface area contributed by atoms with Crippen LogP contribution < -0.4 is 5.56 Å². The Bertz CT molecular complexity index is 821. The molecule has 0 saturated heterocycles. The van der Waals surface area contributed by atoms with Crippen molar-refractivity contribution in [3.8, 4) is 0 Å². The van der Waals surface area contributed by atoms with Gasteiger partial charge in [0.1, 0.15) is 17.3 Å². The summed E-state index contributed by atoms with van der Waals surface area (Å²) in [5, 5.41) is 0.715. The monoisotopic (exact) mass is 334 g/mol. The van der Waals surface area contributed by atoms with Crippen molar-refractivity contribution in [2.45, 2.75) is 45.4 Å². The van der Waals surface area contributed by atoms with Crippen LogP contribution in [0.2, 0.25) is 0 Å². The van der Waals surface area contributed by atoms with Crippen molar-refractivity contribution in [3.05, 3.63) is 26.6 Å². The molecule has 2 aromatic heterocycles. The minimum atomic E-state index is -0.464. The number of carbonyl (C=O) groups excluding carboxylic acids is 2. The number of carbonyl (C=O) groups is 2. The predicted molar refractivity (Wildman–Crippen MR) is 86.8 cm³/mol. The summed E-state index contributed by atoms with van der Waals surface area (Å²) < 4.78 is 4.80. The second-order valence-electron chi connectivity index (χ2n) is 5.77. The summed E-state index contributed by atoms with van der Waals surface area (Å²) in [6.45, 7) is 1.15. The second-order valence-corrected chi connectivity index (χ2v) is 6.85. The Kier molecular flexibility index (Phi) is 4.56. The van der Waals surface area contributed by atoms with E-state index in [0.717, 1.165) is 36.1 Å². The van der Waals surface area contributed by atoms with Crippen LogP contribution in [0, 0.1) is 0 Å². The average molecular weight is 334 g/mol. The molecule has 0 unspecified atom stereocenters. The lowest BCUT2D eigenvalue weighted by Crippen LogP contribution is -2.15. The number of Topliss-reactive ketones (excluding diaryl/α,β-unsaturated/α-hetero) is 1. The molecule has 1 aliphatic carbocycles. The highest BCUT2D eigenvalue weighted by atomic mass is 32.1. The third kappa shape index (κ3) is 3.50. The maximum Gasteiger partial charge on any atom is 0.306 e. The topological polar surface area (TPSA) is 89.1 Å². The molecule has 1 N–H and O–H groups in total. The number of esters is 1. The number of nitrogens with zero attached hydrogens (tertiary/aromatic N) is 1. The molecule has 23 heavy (non-hydrogen) atoms. The van der Waals surface area contributed by atoms with E-state index < -0.39 is 5.97 Å². The lowest BCUT2D eigenvalue weighted by molar-refractivity contribution is -0.147. The molecule has 2 aromatic rings. The zero-order valence-electron chi connectivity index (χ0n) is 12.9. The molecule has 0 amide bonds. The quantitative estimate of drug-likeness (QED) is 0.844. The van der Waals surface area contributed by atoms with Gasteiger partial charge in [-0.15, -0.1) is 11.3 Å². The van der Waals surface area contributed by atoms with Gasteiger partial charge in [-0.2, -0.15) is 0 Å². The lowest BCUT2D eigenvalue weighted by Gasteiger charge is -2.09. The summed E-state index contributed by atoms with van der Waals surface area (Å²) in [7, 11) is 0. The largest absolute Gasteiger partial charge is 0.458 e. The van der Waals surface area contributed by atoms with Crippen LogP contribution in [0.4, 0.5) is 0 Å². The Morgan fingerprint density at radius 3 is 2.87 bits per heavy atom. The minimum Gasteiger partial charge on any atom is -0.458 e. The molecule has 0 bridgehead atoms. The van der Waals surface area contributed by atoms with Crippen LogP contribution in [0.1, 0.15) is 42.5 Å². The van der Waals surface area contributed by atoms with Gasteiger partial charge in [-0.05, 0) is 38.2 Å². The molecule has 6 nitrogen and oxygen atoms in total. The van der Waals surface area contributed by atoms with E-state index in [0.29, 0.717) is 17.6 Å². The Labute approximate surface area is 136 Å². The highest BCUT2D eigenvalue weighted by molar-refractivity contribution is 7.18. The Morgan fingerprint density at radius 2 is 2.09 bits per heavy atom. The number of rotatable bonds is 5. The van der Waals surface area contributed by atoms with Gasteiger partial charge in [-0.3, -0.25) is 14.4 Å². The van der Waals surface area contributed by atoms with E-state index in [1.165, 1.54) is 11.8 Å². The van der Waals surface area contributed by atoms with E-state index in [-0.39, 0.29) is 24.4 Å². The van der Waals surface area contributed by atoms with Crippen molar-refractivity contribution >= 4 is 33.3 Å². The van der Waals surface area contributed by atoms with Crippen LogP contribution >= 0.6 is 11.3 Å². The molecule has 122 valence electrons. The van der Waals surface area contributed by atoms with Gasteiger partial charge in [0.2, 0.25) is 0 Å². The molecule has 0 spiro atoms. The fourth-order valence-electron chi connectivity index (χ4n) is 2.80. The molecule has 2 heterocycles. The number of hydrogen-bond acceptors (Lipinski definition) is 6. The first-order valence-electron chi connectivity index (χ1n) is 7.73. The number of aryl methyl sites for hydroxylation is 3. The van der Waals surface area contributed by atoms with Gasteiger partial charge < -0.3 is 9.72 Å². The molecule has 3 rings (SSSR count). The maximum absolute atomic E-state index is 12.3. The van der Waals surface area contributed by atoms with Gasteiger partial charge in [0.15, 0.2) is 5.78 Å². The molecule has 0 atom stereocenters. The third-order valence-corrected chi connectivity index (χ3v) is 5.06. The molecular formula is C16H18N2O4S. The van der Waals surface area contributed by atoms with Crippen molar-refractivity contribution in [1.29, 1.82) is 0 Å². The van der Waals surface area contributed by atoms with E-state index in [4.69, 9.17) is 4.74 Å². The number of nitrogens with one attached hydrogen (secondary N) is 1. The second kappa shape index (κ2) is 6.62. The highest BCUT2D eigenvalue weighted by Crippen LogP contribution is 2.33. The predicted octanol–water partition coefficient (Wildman–Crippen LogP) is 1.93. The smallest absolute Gasteiger partial charge is 0.306 e. The highest BCUT2D eigenvalue weighted by Gasteiger charge is 2.19. The van der Waals surface area contributed by atoms with Crippen molar-refractivity contribution in [1.82, 2.24) is 9.97 Å². The summed E-state index contributed by atoms with van der Waals surface area (Å²) in [6, 6.07) is 0. The van der Waals surface area contributed by atoms with Gasteiger partial charge in [0.05, 0.1) is 11.8 Å². The maximum atomic E-state index is 12.3. The first-order chi connectivity index (χ1) is 11.0. The van der Waals surface area contributed by atoms with E-state index in [2.05, 4.69) is 9.97 Å².